The molecule has 0 aromatic heterocycles. The van der Waals surface area contributed by atoms with Crippen molar-refractivity contribution in [2.24, 2.45) is 4.99 Å². The molecule has 0 spiro atoms. The zero-order chi connectivity index (χ0) is 20.1. The number of aliphatic imine (C=N–C) groups is 1. The van der Waals surface area contributed by atoms with Gasteiger partial charge in [-0.05, 0) is 77.2 Å². The SMILES string of the molecule is O=[N+]([O-])c1ccccc1C=Nc1ccc(S(=O)(=O)Nc2ccc(I)cc2)cc1. The van der Waals surface area contributed by atoms with E-state index in [0.29, 0.717) is 16.9 Å². The fourth-order valence-electron chi connectivity index (χ4n) is 2.35. The van der Waals surface area contributed by atoms with E-state index in [0.717, 1.165) is 3.57 Å². The third-order valence-electron chi connectivity index (χ3n) is 3.73. The topological polar surface area (TPSA) is 102 Å². The second-order valence-corrected chi connectivity index (χ2v) is 8.61. The highest BCUT2D eigenvalue weighted by Crippen LogP contribution is 2.21. The van der Waals surface area contributed by atoms with Gasteiger partial charge in [-0.2, -0.15) is 0 Å². The van der Waals surface area contributed by atoms with E-state index in [1.54, 1.807) is 42.5 Å². The lowest BCUT2D eigenvalue weighted by molar-refractivity contribution is -0.385. The number of hydrogen-bond acceptors (Lipinski definition) is 5. The summed E-state index contributed by atoms with van der Waals surface area (Å²) in [6.45, 7) is 0. The van der Waals surface area contributed by atoms with Gasteiger partial charge in [0.25, 0.3) is 15.7 Å². The van der Waals surface area contributed by atoms with E-state index in [4.69, 9.17) is 0 Å². The van der Waals surface area contributed by atoms with Crippen LogP contribution in [0.1, 0.15) is 5.56 Å². The number of sulfonamides is 1. The minimum atomic E-state index is -3.72. The Morgan fingerprint density at radius 2 is 1.61 bits per heavy atom. The average molecular weight is 507 g/mol. The maximum absolute atomic E-state index is 12.5. The first kappa shape index (κ1) is 20.0. The Bertz CT molecular complexity index is 1130. The highest BCUT2D eigenvalue weighted by atomic mass is 127. The molecule has 1 N–H and O–H groups in total. The van der Waals surface area contributed by atoms with Crippen molar-refractivity contribution in [1.29, 1.82) is 0 Å². The van der Waals surface area contributed by atoms with Gasteiger partial charge >= 0.3 is 0 Å². The Labute approximate surface area is 175 Å². The van der Waals surface area contributed by atoms with Crippen molar-refractivity contribution in [3.63, 3.8) is 0 Å². The number of hydrogen-bond donors (Lipinski definition) is 1. The number of anilines is 1. The fraction of sp³-hybridized carbons (Fsp3) is 0. The van der Waals surface area contributed by atoms with Gasteiger partial charge in [0.15, 0.2) is 0 Å². The molecule has 0 fully saturated rings. The number of halogens is 1. The summed E-state index contributed by atoms with van der Waals surface area (Å²) in [6.07, 6.45) is 1.38. The van der Waals surface area contributed by atoms with Gasteiger partial charge < -0.3 is 0 Å². The first-order chi connectivity index (χ1) is 13.3. The number of nitro groups is 1. The predicted octanol–water partition coefficient (Wildman–Crippen LogP) is 4.75. The van der Waals surface area contributed by atoms with Gasteiger partial charge in [-0.3, -0.25) is 19.8 Å². The number of para-hydroxylation sites is 1. The van der Waals surface area contributed by atoms with Crippen LogP contribution < -0.4 is 4.72 Å². The molecule has 0 aliphatic rings. The van der Waals surface area contributed by atoms with Crippen LogP contribution in [0.4, 0.5) is 17.1 Å². The molecule has 28 heavy (non-hydrogen) atoms. The highest BCUT2D eigenvalue weighted by molar-refractivity contribution is 14.1. The lowest BCUT2D eigenvalue weighted by Gasteiger charge is -2.08. The zero-order valence-corrected chi connectivity index (χ0v) is 17.3. The Balaban J connectivity index is 1.78. The fourth-order valence-corrected chi connectivity index (χ4v) is 3.77. The lowest BCUT2D eigenvalue weighted by atomic mass is 10.2. The molecule has 0 saturated carbocycles. The quantitative estimate of drug-likeness (QED) is 0.225. The van der Waals surface area contributed by atoms with Crippen LogP contribution in [0.25, 0.3) is 0 Å². The van der Waals surface area contributed by atoms with Crippen molar-refractivity contribution in [2.45, 2.75) is 4.90 Å². The molecular weight excluding hydrogens is 493 g/mol. The summed E-state index contributed by atoms with van der Waals surface area (Å²) in [4.78, 5) is 14.8. The highest BCUT2D eigenvalue weighted by Gasteiger charge is 2.14. The summed E-state index contributed by atoms with van der Waals surface area (Å²) in [7, 11) is -3.72. The van der Waals surface area contributed by atoms with E-state index in [1.807, 2.05) is 0 Å². The Morgan fingerprint density at radius 1 is 0.964 bits per heavy atom. The van der Waals surface area contributed by atoms with E-state index >= 15 is 0 Å². The molecule has 3 aromatic carbocycles. The minimum Gasteiger partial charge on any atom is -0.280 e. The molecule has 3 aromatic rings. The summed E-state index contributed by atoms with van der Waals surface area (Å²) >= 11 is 2.14. The van der Waals surface area contributed by atoms with Crippen LogP contribution >= 0.6 is 22.6 Å². The van der Waals surface area contributed by atoms with Gasteiger partial charge in [0.05, 0.1) is 21.1 Å². The van der Waals surface area contributed by atoms with Crippen LogP contribution in [0.2, 0.25) is 0 Å². The van der Waals surface area contributed by atoms with Gasteiger partial charge in [-0.25, -0.2) is 8.42 Å². The van der Waals surface area contributed by atoms with Crippen molar-refractivity contribution in [2.75, 3.05) is 4.72 Å². The molecule has 9 heteroatoms. The molecule has 0 radical (unpaired) electrons. The van der Waals surface area contributed by atoms with Crippen molar-refractivity contribution in [3.05, 3.63) is 92.0 Å². The van der Waals surface area contributed by atoms with Gasteiger partial charge in [0.2, 0.25) is 0 Å². The predicted molar refractivity (Wildman–Crippen MR) is 117 cm³/mol. The lowest BCUT2D eigenvalue weighted by Crippen LogP contribution is -2.12. The third-order valence-corrected chi connectivity index (χ3v) is 5.85. The largest absolute Gasteiger partial charge is 0.280 e. The third kappa shape index (κ3) is 4.93. The van der Waals surface area contributed by atoms with Crippen molar-refractivity contribution in [1.82, 2.24) is 0 Å². The zero-order valence-electron chi connectivity index (χ0n) is 14.3. The van der Waals surface area contributed by atoms with Crippen molar-refractivity contribution in [3.8, 4) is 0 Å². The number of nitro benzene ring substituents is 1. The molecule has 0 aliphatic carbocycles. The molecule has 0 atom stereocenters. The van der Waals surface area contributed by atoms with E-state index < -0.39 is 14.9 Å². The van der Waals surface area contributed by atoms with E-state index in [-0.39, 0.29) is 10.6 Å². The number of nitrogens with zero attached hydrogens (tertiary/aromatic N) is 2. The normalized spacial score (nSPS) is 11.5. The van der Waals surface area contributed by atoms with E-state index in [2.05, 4.69) is 32.3 Å². The maximum atomic E-state index is 12.5. The molecule has 7 nitrogen and oxygen atoms in total. The molecule has 0 saturated heterocycles. The van der Waals surface area contributed by atoms with Crippen LogP contribution in [-0.4, -0.2) is 19.6 Å². The Hall–Kier alpha value is -2.79. The van der Waals surface area contributed by atoms with E-state index in [9.17, 15) is 18.5 Å². The number of nitrogens with one attached hydrogen (secondary N) is 1. The van der Waals surface area contributed by atoms with Crippen LogP contribution in [0, 0.1) is 13.7 Å². The van der Waals surface area contributed by atoms with E-state index in [1.165, 1.54) is 36.5 Å². The second kappa shape index (κ2) is 8.48. The summed E-state index contributed by atoms with van der Waals surface area (Å²) in [5.74, 6) is 0. The smallest absolute Gasteiger partial charge is 0.278 e. The standard InChI is InChI=1S/C19H14IN3O4S/c20-15-5-7-17(8-6-15)22-28(26,27)18-11-9-16(10-12-18)21-13-14-3-1-2-4-19(14)23(24)25/h1-13,22H. The van der Waals surface area contributed by atoms with Gasteiger partial charge in [0, 0.05) is 21.5 Å². The van der Waals surface area contributed by atoms with Crippen LogP contribution in [0.5, 0.6) is 0 Å². The average Bonchev–Trinajstić information content (AvgIpc) is 2.68. The van der Waals surface area contributed by atoms with Crippen LogP contribution in [0.3, 0.4) is 0 Å². The summed E-state index contributed by atoms with van der Waals surface area (Å²) in [5.41, 5.74) is 1.27. The molecule has 142 valence electrons. The molecule has 0 amide bonds. The summed E-state index contributed by atoms with van der Waals surface area (Å²) < 4.78 is 28.5. The summed E-state index contributed by atoms with van der Waals surface area (Å²) in [5, 5.41) is 11.0. The molecule has 0 heterocycles. The van der Waals surface area contributed by atoms with Gasteiger partial charge in [-0.15, -0.1) is 0 Å². The molecule has 0 aliphatic heterocycles. The number of benzene rings is 3. The second-order valence-electron chi connectivity index (χ2n) is 5.68. The van der Waals surface area contributed by atoms with Crippen LogP contribution in [-0.2, 0) is 10.0 Å². The first-order valence-electron chi connectivity index (χ1n) is 8.01. The first-order valence-corrected chi connectivity index (χ1v) is 10.6. The Kier molecular flexibility index (Phi) is 6.05. The molecule has 0 unspecified atom stereocenters. The molecule has 3 rings (SSSR count). The minimum absolute atomic E-state index is 0.0489. The maximum Gasteiger partial charge on any atom is 0.278 e. The Morgan fingerprint density at radius 3 is 2.25 bits per heavy atom. The molecule has 0 bridgehead atoms. The van der Waals surface area contributed by atoms with Gasteiger partial charge in [0.1, 0.15) is 0 Å². The van der Waals surface area contributed by atoms with Crippen molar-refractivity contribution < 1.29 is 13.3 Å². The van der Waals surface area contributed by atoms with Crippen molar-refractivity contribution >= 4 is 55.9 Å². The summed E-state index contributed by atoms with van der Waals surface area (Å²) in [6, 6.07) is 19.2. The van der Waals surface area contributed by atoms with Gasteiger partial charge in [-0.1, -0.05) is 12.1 Å². The van der Waals surface area contributed by atoms with Crippen LogP contribution in [0.15, 0.2) is 82.7 Å². The monoisotopic (exact) mass is 507 g/mol. The molecular formula is C19H14IN3O4S. The number of rotatable bonds is 6.